The summed E-state index contributed by atoms with van der Waals surface area (Å²) in [6.45, 7) is 2.08. The van der Waals surface area contributed by atoms with E-state index in [0.717, 1.165) is 12.0 Å². The van der Waals surface area contributed by atoms with E-state index in [4.69, 9.17) is 0 Å². The van der Waals surface area contributed by atoms with Crippen LogP contribution in [0, 0.1) is 10.1 Å². The number of non-ortho nitro benzene ring substituents is 1. The maximum absolute atomic E-state index is 10.6. The molecular weight excluding hydrogens is 198 g/mol. The molecule has 0 aliphatic rings. The number of hydrogen-bond acceptors (Lipinski definition) is 3. The predicted molar refractivity (Wildman–Crippen MR) is 59.6 cm³/mol. The Labute approximate surface area is 87.7 Å². The van der Waals surface area contributed by atoms with Crippen molar-refractivity contribution in [3.05, 3.63) is 39.9 Å². The topological polar surface area (TPSA) is 43.1 Å². The van der Waals surface area contributed by atoms with Crippen molar-refractivity contribution in [2.24, 2.45) is 0 Å². The first-order valence-corrected chi connectivity index (χ1v) is 5.75. The van der Waals surface area contributed by atoms with Gasteiger partial charge in [0.1, 0.15) is 0 Å². The van der Waals surface area contributed by atoms with Crippen molar-refractivity contribution in [2.45, 2.75) is 18.6 Å². The van der Waals surface area contributed by atoms with Gasteiger partial charge in [-0.25, -0.2) is 0 Å². The largest absolute Gasteiger partial charge is 0.269 e. The van der Waals surface area contributed by atoms with Crippen LogP contribution in [0.5, 0.6) is 0 Å². The number of nitro benzene ring substituents is 1. The lowest BCUT2D eigenvalue weighted by molar-refractivity contribution is -0.384. The minimum atomic E-state index is -0.351. The highest BCUT2D eigenvalue weighted by Gasteiger charge is 2.11. The Morgan fingerprint density at radius 3 is 2.79 bits per heavy atom. The van der Waals surface area contributed by atoms with Gasteiger partial charge in [-0.05, 0) is 18.2 Å². The Balaban J connectivity index is 2.98. The van der Waals surface area contributed by atoms with Gasteiger partial charge in [-0.2, -0.15) is 11.8 Å². The summed E-state index contributed by atoms with van der Waals surface area (Å²) in [6, 6.07) is 6.87. The summed E-state index contributed by atoms with van der Waals surface area (Å²) in [5.74, 6) is 0. The number of rotatable bonds is 4. The van der Waals surface area contributed by atoms with Gasteiger partial charge < -0.3 is 0 Å². The Bertz CT molecular complexity index is 324. The quantitative estimate of drug-likeness (QED) is 0.566. The summed E-state index contributed by atoms with van der Waals surface area (Å²) in [5.41, 5.74) is 1.21. The van der Waals surface area contributed by atoms with E-state index in [1.165, 1.54) is 6.07 Å². The average Bonchev–Trinajstić information content (AvgIpc) is 2.20. The Morgan fingerprint density at radius 1 is 1.57 bits per heavy atom. The molecule has 0 amide bonds. The van der Waals surface area contributed by atoms with Gasteiger partial charge in [0, 0.05) is 17.4 Å². The van der Waals surface area contributed by atoms with Crippen LogP contribution in [0.25, 0.3) is 0 Å². The molecule has 0 aromatic heterocycles. The fourth-order valence-corrected chi connectivity index (χ4v) is 2.13. The van der Waals surface area contributed by atoms with Crippen LogP contribution < -0.4 is 0 Å². The highest BCUT2D eigenvalue weighted by molar-refractivity contribution is 7.98. The molecule has 1 rings (SSSR count). The van der Waals surface area contributed by atoms with Crippen LogP contribution in [0.2, 0.25) is 0 Å². The summed E-state index contributed by atoms with van der Waals surface area (Å²) in [4.78, 5) is 10.2. The predicted octanol–water partition coefficient (Wildman–Crippen LogP) is 3.41. The first-order chi connectivity index (χ1) is 6.69. The number of benzene rings is 1. The summed E-state index contributed by atoms with van der Waals surface area (Å²) in [5, 5.41) is 10.9. The van der Waals surface area contributed by atoms with Crippen molar-refractivity contribution in [2.75, 3.05) is 6.26 Å². The molecule has 0 heterocycles. The van der Waals surface area contributed by atoms with Gasteiger partial charge >= 0.3 is 0 Å². The van der Waals surface area contributed by atoms with Crippen LogP contribution >= 0.6 is 11.8 Å². The van der Waals surface area contributed by atoms with Crippen molar-refractivity contribution >= 4 is 17.4 Å². The zero-order chi connectivity index (χ0) is 10.6. The number of nitrogens with zero attached hydrogens (tertiary/aromatic N) is 1. The van der Waals surface area contributed by atoms with E-state index in [9.17, 15) is 10.1 Å². The number of nitro groups is 1. The molecule has 0 spiro atoms. The van der Waals surface area contributed by atoms with Gasteiger partial charge in [-0.3, -0.25) is 10.1 Å². The molecule has 0 saturated carbocycles. The van der Waals surface area contributed by atoms with Crippen LogP contribution in [-0.2, 0) is 0 Å². The van der Waals surface area contributed by atoms with E-state index in [2.05, 4.69) is 6.92 Å². The summed E-state index contributed by atoms with van der Waals surface area (Å²) in [7, 11) is 0. The minimum Gasteiger partial charge on any atom is -0.258 e. The van der Waals surface area contributed by atoms with Crippen LogP contribution in [-0.4, -0.2) is 11.2 Å². The third-order valence-electron chi connectivity index (χ3n) is 2.11. The normalized spacial score (nSPS) is 12.4. The molecule has 0 fully saturated rings. The van der Waals surface area contributed by atoms with Crippen molar-refractivity contribution < 1.29 is 4.92 Å². The fraction of sp³-hybridized carbons (Fsp3) is 0.400. The Kier molecular flexibility index (Phi) is 3.95. The van der Waals surface area contributed by atoms with Gasteiger partial charge in [0.15, 0.2) is 0 Å². The number of thioether (sulfide) groups is 1. The molecule has 4 heteroatoms. The monoisotopic (exact) mass is 211 g/mol. The van der Waals surface area contributed by atoms with Gasteiger partial charge in [-0.1, -0.05) is 19.1 Å². The molecule has 0 bridgehead atoms. The fourth-order valence-electron chi connectivity index (χ4n) is 1.38. The van der Waals surface area contributed by atoms with Gasteiger partial charge in [0.05, 0.1) is 4.92 Å². The van der Waals surface area contributed by atoms with E-state index in [0.29, 0.717) is 5.25 Å². The summed E-state index contributed by atoms with van der Waals surface area (Å²) >= 11 is 1.72. The molecule has 1 atom stereocenters. The van der Waals surface area contributed by atoms with E-state index in [1.54, 1.807) is 23.9 Å². The second-order valence-electron chi connectivity index (χ2n) is 2.98. The molecule has 0 aliphatic carbocycles. The summed E-state index contributed by atoms with van der Waals surface area (Å²) < 4.78 is 0. The van der Waals surface area contributed by atoms with E-state index in [1.807, 2.05) is 12.3 Å². The standard InChI is InChI=1S/C10H13NO2S/c1-3-10(14-2)8-5-4-6-9(7-8)11(12)13/h4-7,10H,3H2,1-2H3. The van der Waals surface area contributed by atoms with Crippen LogP contribution in [0.3, 0.4) is 0 Å². The SMILES string of the molecule is CCC(SC)c1cccc([N+](=O)[O-])c1. The van der Waals surface area contributed by atoms with E-state index in [-0.39, 0.29) is 10.6 Å². The van der Waals surface area contributed by atoms with Crippen molar-refractivity contribution in [1.82, 2.24) is 0 Å². The minimum absolute atomic E-state index is 0.176. The maximum Gasteiger partial charge on any atom is 0.269 e. The first-order valence-electron chi connectivity index (χ1n) is 4.46. The Morgan fingerprint density at radius 2 is 2.29 bits per heavy atom. The molecule has 0 radical (unpaired) electrons. The lowest BCUT2D eigenvalue weighted by Crippen LogP contribution is -1.94. The average molecular weight is 211 g/mol. The molecule has 0 aliphatic heterocycles. The molecule has 1 aromatic rings. The second-order valence-corrected chi connectivity index (χ2v) is 4.03. The third-order valence-corrected chi connectivity index (χ3v) is 3.28. The van der Waals surface area contributed by atoms with Crippen molar-refractivity contribution in [3.8, 4) is 0 Å². The second kappa shape index (κ2) is 5.00. The van der Waals surface area contributed by atoms with Gasteiger partial charge in [-0.15, -0.1) is 0 Å². The molecule has 76 valence electrons. The zero-order valence-corrected chi connectivity index (χ0v) is 9.08. The maximum atomic E-state index is 10.6. The third kappa shape index (κ3) is 2.48. The lowest BCUT2D eigenvalue weighted by atomic mass is 10.1. The number of hydrogen-bond donors (Lipinski definition) is 0. The van der Waals surface area contributed by atoms with Gasteiger partial charge in [0.25, 0.3) is 5.69 Å². The lowest BCUT2D eigenvalue weighted by Gasteiger charge is -2.11. The molecule has 3 nitrogen and oxygen atoms in total. The smallest absolute Gasteiger partial charge is 0.258 e. The zero-order valence-electron chi connectivity index (χ0n) is 8.27. The van der Waals surface area contributed by atoms with Crippen molar-refractivity contribution in [3.63, 3.8) is 0 Å². The highest BCUT2D eigenvalue weighted by Crippen LogP contribution is 2.31. The molecule has 0 N–H and O–H groups in total. The molecule has 1 aromatic carbocycles. The highest BCUT2D eigenvalue weighted by atomic mass is 32.2. The first kappa shape index (κ1) is 11.0. The van der Waals surface area contributed by atoms with E-state index < -0.39 is 0 Å². The molecule has 14 heavy (non-hydrogen) atoms. The van der Waals surface area contributed by atoms with Crippen molar-refractivity contribution in [1.29, 1.82) is 0 Å². The van der Waals surface area contributed by atoms with Crippen LogP contribution in [0.4, 0.5) is 5.69 Å². The van der Waals surface area contributed by atoms with Gasteiger partial charge in [0.2, 0.25) is 0 Å². The summed E-state index contributed by atoms with van der Waals surface area (Å²) in [6.07, 6.45) is 3.01. The molecular formula is C10H13NO2S. The van der Waals surface area contributed by atoms with Crippen LogP contribution in [0.1, 0.15) is 24.2 Å². The molecule has 1 unspecified atom stereocenters. The molecule has 0 saturated heterocycles. The van der Waals surface area contributed by atoms with E-state index >= 15 is 0 Å². The Hall–Kier alpha value is -1.03. The van der Waals surface area contributed by atoms with Crippen LogP contribution in [0.15, 0.2) is 24.3 Å².